The van der Waals surface area contributed by atoms with Gasteiger partial charge in [0.1, 0.15) is 5.71 Å². The van der Waals surface area contributed by atoms with Gasteiger partial charge in [-0.2, -0.15) is 5.10 Å². The normalized spacial score (nSPS) is 10.9. The van der Waals surface area contributed by atoms with E-state index < -0.39 is 11.9 Å². The lowest BCUT2D eigenvalue weighted by atomic mass is 10.2. The van der Waals surface area contributed by atoms with Crippen LogP contribution in [0.25, 0.3) is 0 Å². The van der Waals surface area contributed by atoms with Crippen LogP contribution in [0.1, 0.15) is 17.3 Å². The van der Waals surface area contributed by atoms with E-state index in [-0.39, 0.29) is 5.71 Å². The Morgan fingerprint density at radius 1 is 1.27 bits per heavy atom. The van der Waals surface area contributed by atoms with E-state index in [9.17, 15) is 9.59 Å². The highest BCUT2D eigenvalue weighted by Gasteiger charge is 2.05. The van der Waals surface area contributed by atoms with E-state index in [4.69, 9.17) is 5.11 Å². The van der Waals surface area contributed by atoms with Crippen LogP contribution in [-0.4, -0.2) is 22.7 Å². The number of amides is 1. The van der Waals surface area contributed by atoms with Gasteiger partial charge >= 0.3 is 5.97 Å². The highest BCUT2D eigenvalue weighted by molar-refractivity contribution is 6.34. The monoisotopic (exact) mass is 206 g/mol. The molecule has 1 rings (SSSR count). The van der Waals surface area contributed by atoms with Gasteiger partial charge in [0.25, 0.3) is 5.91 Å². The quantitative estimate of drug-likeness (QED) is 0.569. The number of nitrogens with zero attached hydrogens (tertiary/aromatic N) is 1. The Balaban J connectivity index is 2.66. The van der Waals surface area contributed by atoms with Crippen LogP contribution in [0.5, 0.6) is 0 Å². The summed E-state index contributed by atoms with van der Waals surface area (Å²) < 4.78 is 0. The molecule has 1 aromatic rings. The van der Waals surface area contributed by atoms with E-state index >= 15 is 0 Å². The minimum Gasteiger partial charge on any atom is -0.477 e. The number of nitrogens with one attached hydrogen (secondary N) is 1. The maximum atomic E-state index is 11.4. The summed E-state index contributed by atoms with van der Waals surface area (Å²) in [5, 5.41) is 11.9. The minimum absolute atomic E-state index is 0.167. The maximum Gasteiger partial charge on any atom is 0.351 e. The molecule has 0 fully saturated rings. The first-order valence-corrected chi connectivity index (χ1v) is 4.24. The largest absolute Gasteiger partial charge is 0.477 e. The van der Waals surface area contributed by atoms with Gasteiger partial charge in [-0.15, -0.1) is 0 Å². The summed E-state index contributed by atoms with van der Waals surface area (Å²) in [4.78, 5) is 21.7. The number of carboxylic acids is 1. The lowest BCUT2D eigenvalue weighted by Crippen LogP contribution is -2.21. The summed E-state index contributed by atoms with van der Waals surface area (Å²) in [5.74, 6) is -1.60. The standard InChI is InChI=1S/C10H10N2O3/c1-7(10(14)15)11-12-9(13)8-5-3-2-4-6-8/h2-6H,1H3,(H,12,13)(H,14,15)/b11-7+. The van der Waals surface area contributed by atoms with Crippen LogP contribution in [-0.2, 0) is 4.79 Å². The second-order valence-electron chi connectivity index (χ2n) is 2.81. The molecule has 78 valence electrons. The van der Waals surface area contributed by atoms with E-state index in [1.54, 1.807) is 30.3 Å². The molecule has 1 amide bonds. The van der Waals surface area contributed by atoms with Crippen LogP contribution in [0, 0.1) is 0 Å². The number of carbonyl (C=O) groups excluding carboxylic acids is 1. The van der Waals surface area contributed by atoms with Crippen LogP contribution in [0.3, 0.4) is 0 Å². The van der Waals surface area contributed by atoms with Gasteiger partial charge < -0.3 is 5.11 Å². The number of hydrazone groups is 1. The zero-order valence-corrected chi connectivity index (χ0v) is 8.10. The Morgan fingerprint density at radius 3 is 2.40 bits per heavy atom. The molecule has 0 unspecified atom stereocenters. The van der Waals surface area contributed by atoms with Crippen molar-refractivity contribution in [2.24, 2.45) is 5.10 Å². The maximum absolute atomic E-state index is 11.4. The molecule has 1 aromatic carbocycles. The van der Waals surface area contributed by atoms with Crippen molar-refractivity contribution in [2.75, 3.05) is 0 Å². The smallest absolute Gasteiger partial charge is 0.351 e. The van der Waals surface area contributed by atoms with Crippen LogP contribution < -0.4 is 5.43 Å². The first-order chi connectivity index (χ1) is 7.11. The van der Waals surface area contributed by atoms with Crippen molar-refractivity contribution < 1.29 is 14.7 Å². The van der Waals surface area contributed by atoms with Gasteiger partial charge in [-0.1, -0.05) is 18.2 Å². The van der Waals surface area contributed by atoms with Crippen molar-refractivity contribution in [1.29, 1.82) is 0 Å². The Morgan fingerprint density at radius 2 is 1.87 bits per heavy atom. The van der Waals surface area contributed by atoms with Crippen molar-refractivity contribution in [3.8, 4) is 0 Å². The summed E-state index contributed by atoms with van der Waals surface area (Å²) in [5.41, 5.74) is 2.41. The molecule has 5 nitrogen and oxygen atoms in total. The Kier molecular flexibility index (Phi) is 3.56. The molecule has 2 N–H and O–H groups in total. The second-order valence-corrected chi connectivity index (χ2v) is 2.81. The SMILES string of the molecule is C/C(=N\NC(=O)c1ccccc1)C(=O)O. The Hall–Kier alpha value is -2.17. The molecular formula is C10H10N2O3. The summed E-state index contributed by atoms with van der Waals surface area (Å²) in [6.45, 7) is 1.30. The first-order valence-electron chi connectivity index (χ1n) is 4.24. The highest BCUT2D eigenvalue weighted by atomic mass is 16.4. The van der Waals surface area contributed by atoms with Crippen LogP contribution in [0.2, 0.25) is 0 Å². The van der Waals surface area contributed by atoms with Crippen molar-refractivity contribution in [2.45, 2.75) is 6.92 Å². The molecule has 0 saturated heterocycles. The lowest BCUT2D eigenvalue weighted by Gasteiger charge is -1.99. The molecule has 0 aromatic heterocycles. The number of hydrogen-bond acceptors (Lipinski definition) is 3. The predicted molar refractivity (Wildman–Crippen MR) is 54.7 cm³/mol. The number of benzene rings is 1. The van der Waals surface area contributed by atoms with E-state index in [0.29, 0.717) is 5.56 Å². The average Bonchev–Trinajstić information content (AvgIpc) is 2.26. The van der Waals surface area contributed by atoms with Gasteiger partial charge in [0, 0.05) is 5.56 Å². The van der Waals surface area contributed by atoms with Crippen molar-refractivity contribution in [1.82, 2.24) is 5.43 Å². The molecule has 0 heterocycles. The molecule has 15 heavy (non-hydrogen) atoms. The number of rotatable bonds is 3. The molecule has 0 saturated carbocycles. The first kappa shape index (κ1) is 10.9. The van der Waals surface area contributed by atoms with Crippen LogP contribution in [0.4, 0.5) is 0 Å². The topological polar surface area (TPSA) is 78.8 Å². The van der Waals surface area contributed by atoms with Crippen molar-refractivity contribution in [3.05, 3.63) is 35.9 Å². The average molecular weight is 206 g/mol. The number of hydrogen-bond donors (Lipinski definition) is 2. The van der Waals surface area contributed by atoms with Crippen LogP contribution in [0.15, 0.2) is 35.4 Å². The van der Waals surface area contributed by atoms with Crippen LogP contribution >= 0.6 is 0 Å². The minimum atomic E-state index is -1.16. The molecule has 0 atom stereocenters. The van der Waals surface area contributed by atoms with E-state index in [2.05, 4.69) is 10.5 Å². The fourth-order valence-corrected chi connectivity index (χ4v) is 0.837. The Bertz CT molecular complexity index is 398. The molecule has 5 heteroatoms. The Labute approximate surface area is 86.4 Å². The number of carboxylic acid groups (broad SMARTS) is 1. The number of aliphatic carboxylic acids is 1. The van der Waals surface area contributed by atoms with Gasteiger partial charge in [-0.05, 0) is 19.1 Å². The summed E-state index contributed by atoms with van der Waals surface area (Å²) >= 11 is 0. The molecule has 0 aliphatic carbocycles. The van der Waals surface area contributed by atoms with Gasteiger partial charge in [-0.25, -0.2) is 10.2 Å². The van der Waals surface area contributed by atoms with E-state index in [1.807, 2.05) is 0 Å². The molecule has 0 aliphatic heterocycles. The molecule has 0 spiro atoms. The van der Waals surface area contributed by atoms with Crippen molar-refractivity contribution in [3.63, 3.8) is 0 Å². The fourth-order valence-electron chi connectivity index (χ4n) is 0.837. The highest BCUT2D eigenvalue weighted by Crippen LogP contribution is 1.97. The van der Waals surface area contributed by atoms with Gasteiger partial charge in [0.2, 0.25) is 0 Å². The fraction of sp³-hybridized carbons (Fsp3) is 0.100. The van der Waals surface area contributed by atoms with Crippen molar-refractivity contribution >= 4 is 17.6 Å². The number of carbonyl (C=O) groups is 2. The third-order valence-electron chi connectivity index (χ3n) is 1.67. The van der Waals surface area contributed by atoms with E-state index in [0.717, 1.165) is 0 Å². The third-order valence-corrected chi connectivity index (χ3v) is 1.67. The van der Waals surface area contributed by atoms with Gasteiger partial charge in [0.05, 0.1) is 0 Å². The lowest BCUT2D eigenvalue weighted by molar-refractivity contribution is -0.129. The molecule has 0 radical (unpaired) electrons. The second kappa shape index (κ2) is 4.90. The zero-order valence-electron chi connectivity index (χ0n) is 8.10. The van der Waals surface area contributed by atoms with E-state index in [1.165, 1.54) is 6.92 Å². The van der Waals surface area contributed by atoms with Gasteiger partial charge in [0.15, 0.2) is 0 Å². The van der Waals surface area contributed by atoms with Gasteiger partial charge in [-0.3, -0.25) is 4.79 Å². The molecular weight excluding hydrogens is 196 g/mol. The summed E-state index contributed by atoms with van der Waals surface area (Å²) in [6.07, 6.45) is 0. The molecule has 0 aliphatic rings. The summed E-state index contributed by atoms with van der Waals surface area (Å²) in [7, 11) is 0. The summed E-state index contributed by atoms with van der Waals surface area (Å²) in [6, 6.07) is 8.43. The third kappa shape index (κ3) is 3.22. The zero-order chi connectivity index (χ0) is 11.3. The molecule has 0 bridgehead atoms. The predicted octanol–water partition coefficient (Wildman–Crippen LogP) is 0.877.